The molecule has 4 rings (SSSR count). The zero-order chi connectivity index (χ0) is 22.6. The zero-order valence-corrected chi connectivity index (χ0v) is 17.4. The molecule has 1 saturated heterocycles. The Morgan fingerprint density at radius 2 is 1.77 bits per heavy atom. The standard InChI is InChI=1S/C21H25F2N5O3/c1-9-3-4-12-13(21(25)31)20(30)14-17(24)15(22)18(16(23)19(14)28(9)12)26-11-5-7-27(8-6-11)10(2)29/h9,11,26H,3-8,24H2,1-2H3,(H2,25,31)/t9-/m1/s1. The van der Waals surface area contributed by atoms with E-state index in [0.717, 1.165) is 0 Å². The number of primary amides is 1. The largest absolute Gasteiger partial charge is 0.396 e. The van der Waals surface area contributed by atoms with Crippen LogP contribution in [0.15, 0.2) is 4.79 Å². The van der Waals surface area contributed by atoms with E-state index in [9.17, 15) is 14.4 Å². The summed E-state index contributed by atoms with van der Waals surface area (Å²) in [4.78, 5) is 38.1. The third kappa shape index (κ3) is 3.21. The van der Waals surface area contributed by atoms with Gasteiger partial charge in [-0.3, -0.25) is 14.4 Å². The lowest BCUT2D eigenvalue weighted by Gasteiger charge is -2.32. The molecule has 2 amide bonds. The molecule has 1 fully saturated rings. The van der Waals surface area contributed by atoms with Gasteiger partial charge in [0.05, 0.1) is 16.6 Å². The van der Waals surface area contributed by atoms with Crippen LogP contribution in [0.5, 0.6) is 0 Å². The van der Waals surface area contributed by atoms with Crippen LogP contribution >= 0.6 is 0 Å². The maximum atomic E-state index is 15.7. The van der Waals surface area contributed by atoms with Crippen molar-refractivity contribution in [2.45, 2.75) is 51.6 Å². The predicted molar refractivity (Wildman–Crippen MR) is 113 cm³/mol. The molecule has 5 N–H and O–H groups in total. The smallest absolute Gasteiger partial charge is 0.254 e. The molecule has 2 aromatic rings. The Bertz CT molecular complexity index is 1170. The van der Waals surface area contributed by atoms with Crippen molar-refractivity contribution >= 4 is 34.1 Å². The maximum absolute atomic E-state index is 15.7. The Labute approximate surface area is 177 Å². The number of piperidine rings is 1. The summed E-state index contributed by atoms with van der Waals surface area (Å²) >= 11 is 0. The highest BCUT2D eigenvalue weighted by Crippen LogP contribution is 2.39. The number of nitrogens with zero attached hydrogens (tertiary/aromatic N) is 2. The molecule has 0 unspecified atom stereocenters. The van der Waals surface area contributed by atoms with Gasteiger partial charge in [-0.25, -0.2) is 8.78 Å². The summed E-state index contributed by atoms with van der Waals surface area (Å²) in [5, 5.41) is 2.54. The van der Waals surface area contributed by atoms with Gasteiger partial charge >= 0.3 is 0 Å². The number of fused-ring (bicyclic) bond motifs is 3. The van der Waals surface area contributed by atoms with Gasteiger partial charge in [0, 0.05) is 37.8 Å². The second-order valence-corrected chi connectivity index (χ2v) is 8.34. The van der Waals surface area contributed by atoms with E-state index in [4.69, 9.17) is 11.5 Å². The third-order valence-corrected chi connectivity index (χ3v) is 6.44. The molecular formula is C21H25F2N5O3. The number of pyridine rings is 1. The minimum absolute atomic E-state index is 0.0417. The van der Waals surface area contributed by atoms with Crippen LogP contribution < -0.4 is 22.2 Å². The van der Waals surface area contributed by atoms with Crippen molar-refractivity contribution in [1.29, 1.82) is 0 Å². The van der Waals surface area contributed by atoms with Crippen LogP contribution in [0.1, 0.15) is 55.2 Å². The molecule has 1 atom stereocenters. The average molecular weight is 433 g/mol. The van der Waals surface area contributed by atoms with E-state index in [-0.39, 0.29) is 34.5 Å². The molecule has 166 valence electrons. The van der Waals surface area contributed by atoms with Gasteiger partial charge in [0.15, 0.2) is 11.6 Å². The first-order chi connectivity index (χ1) is 14.6. The van der Waals surface area contributed by atoms with E-state index in [0.29, 0.717) is 44.5 Å². The van der Waals surface area contributed by atoms with Crippen molar-refractivity contribution in [3.63, 3.8) is 0 Å². The van der Waals surface area contributed by atoms with Crippen molar-refractivity contribution in [3.05, 3.63) is 33.1 Å². The Kier molecular flexibility index (Phi) is 5.10. The lowest BCUT2D eigenvalue weighted by Crippen LogP contribution is -2.41. The first-order valence-electron chi connectivity index (χ1n) is 10.3. The number of nitrogen functional groups attached to an aromatic ring is 1. The Balaban J connectivity index is 1.88. The first kappa shape index (κ1) is 21.1. The van der Waals surface area contributed by atoms with Crippen LogP contribution in [0, 0.1) is 11.6 Å². The van der Waals surface area contributed by atoms with Crippen molar-refractivity contribution in [2.24, 2.45) is 5.73 Å². The van der Waals surface area contributed by atoms with Gasteiger partial charge in [0.25, 0.3) is 5.91 Å². The SMILES string of the molecule is CC(=O)N1CCC(Nc2c(F)c(N)c3c(=O)c(C(N)=O)c4n(c3c2F)[C@H](C)CC4)CC1. The summed E-state index contributed by atoms with van der Waals surface area (Å²) in [6.07, 6.45) is 2.01. The Morgan fingerprint density at radius 3 is 2.35 bits per heavy atom. The van der Waals surface area contributed by atoms with Crippen LogP contribution in [-0.2, 0) is 11.2 Å². The Hall–Kier alpha value is -3.17. The van der Waals surface area contributed by atoms with E-state index >= 15 is 8.78 Å². The lowest BCUT2D eigenvalue weighted by atomic mass is 10.0. The molecule has 3 heterocycles. The first-order valence-corrected chi connectivity index (χ1v) is 10.3. The lowest BCUT2D eigenvalue weighted by molar-refractivity contribution is -0.129. The van der Waals surface area contributed by atoms with Gasteiger partial charge in [0.2, 0.25) is 11.3 Å². The average Bonchev–Trinajstić information content (AvgIpc) is 3.09. The number of rotatable bonds is 3. The molecular weight excluding hydrogens is 408 g/mol. The van der Waals surface area contributed by atoms with E-state index in [2.05, 4.69) is 5.32 Å². The fraction of sp³-hybridized carbons (Fsp3) is 0.476. The van der Waals surface area contributed by atoms with E-state index < -0.39 is 34.3 Å². The topological polar surface area (TPSA) is 123 Å². The van der Waals surface area contributed by atoms with Crippen LogP contribution in [0.3, 0.4) is 0 Å². The number of likely N-dealkylation sites (tertiary alicyclic amines) is 1. The molecule has 0 bridgehead atoms. The van der Waals surface area contributed by atoms with Crippen LogP contribution in [-0.4, -0.2) is 40.4 Å². The molecule has 2 aliphatic rings. The number of anilines is 2. The number of nitrogens with one attached hydrogen (secondary N) is 1. The molecule has 8 nitrogen and oxygen atoms in total. The van der Waals surface area contributed by atoms with Crippen molar-refractivity contribution in [1.82, 2.24) is 9.47 Å². The summed E-state index contributed by atoms with van der Waals surface area (Å²) in [6.45, 7) is 4.27. The van der Waals surface area contributed by atoms with Crippen molar-refractivity contribution < 1.29 is 18.4 Å². The number of hydrogen-bond donors (Lipinski definition) is 3. The summed E-state index contributed by atoms with van der Waals surface area (Å²) in [6, 6.07) is -0.481. The molecule has 1 aromatic heterocycles. The second kappa shape index (κ2) is 7.51. The minimum atomic E-state index is -1.07. The summed E-state index contributed by atoms with van der Waals surface area (Å²) in [5.74, 6) is -2.97. The molecule has 1 aromatic carbocycles. The van der Waals surface area contributed by atoms with Gasteiger partial charge < -0.3 is 26.3 Å². The highest BCUT2D eigenvalue weighted by molar-refractivity contribution is 6.02. The van der Waals surface area contributed by atoms with E-state index in [1.54, 1.807) is 9.47 Å². The number of nitrogens with two attached hydrogens (primary N) is 2. The monoisotopic (exact) mass is 433 g/mol. The minimum Gasteiger partial charge on any atom is -0.396 e. The number of benzene rings is 1. The highest BCUT2D eigenvalue weighted by atomic mass is 19.1. The van der Waals surface area contributed by atoms with Crippen LogP contribution in [0.25, 0.3) is 10.9 Å². The Morgan fingerprint density at radius 1 is 1.13 bits per heavy atom. The highest BCUT2D eigenvalue weighted by Gasteiger charge is 2.33. The van der Waals surface area contributed by atoms with Gasteiger partial charge in [-0.05, 0) is 32.6 Å². The fourth-order valence-electron chi connectivity index (χ4n) is 4.79. The molecule has 0 aliphatic carbocycles. The zero-order valence-electron chi connectivity index (χ0n) is 17.4. The maximum Gasteiger partial charge on any atom is 0.254 e. The molecule has 0 saturated carbocycles. The summed E-state index contributed by atoms with van der Waals surface area (Å²) in [5.41, 5.74) is 9.60. The van der Waals surface area contributed by atoms with Crippen molar-refractivity contribution in [3.8, 4) is 0 Å². The normalized spacial score (nSPS) is 19.0. The van der Waals surface area contributed by atoms with Gasteiger partial charge in [0.1, 0.15) is 11.3 Å². The van der Waals surface area contributed by atoms with E-state index in [1.165, 1.54) is 6.92 Å². The second-order valence-electron chi connectivity index (χ2n) is 8.34. The number of amides is 2. The summed E-state index contributed by atoms with van der Waals surface area (Å²) < 4.78 is 32.4. The van der Waals surface area contributed by atoms with Crippen molar-refractivity contribution in [2.75, 3.05) is 24.1 Å². The quantitative estimate of drug-likeness (QED) is 0.638. The van der Waals surface area contributed by atoms with E-state index in [1.807, 2.05) is 6.92 Å². The molecule has 10 heteroatoms. The third-order valence-electron chi connectivity index (χ3n) is 6.44. The fourth-order valence-corrected chi connectivity index (χ4v) is 4.79. The van der Waals surface area contributed by atoms with Gasteiger partial charge in [-0.15, -0.1) is 0 Å². The molecule has 2 aliphatic heterocycles. The van der Waals surface area contributed by atoms with Crippen LogP contribution in [0.4, 0.5) is 20.2 Å². The number of carbonyl (C=O) groups excluding carboxylic acids is 2. The predicted octanol–water partition coefficient (Wildman–Crippen LogP) is 1.89. The number of carbonyl (C=O) groups is 2. The van der Waals surface area contributed by atoms with Gasteiger partial charge in [-0.1, -0.05) is 0 Å². The molecule has 0 spiro atoms. The molecule has 0 radical (unpaired) electrons. The number of halogens is 2. The summed E-state index contributed by atoms with van der Waals surface area (Å²) in [7, 11) is 0. The van der Waals surface area contributed by atoms with Gasteiger partial charge in [-0.2, -0.15) is 0 Å². The number of aromatic nitrogens is 1. The van der Waals surface area contributed by atoms with Crippen LogP contribution in [0.2, 0.25) is 0 Å². The molecule has 31 heavy (non-hydrogen) atoms. The number of hydrogen-bond acceptors (Lipinski definition) is 5.